The van der Waals surface area contributed by atoms with Crippen LogP contribution < -0.4 is 11.1 Å². The van der Waals surface area contributed by atoms with Crippen LogP contribution >= 0.6 is 0 Å². The molecule has 0 bridgehead atoms. The topological polar surface area (TPSA) is 64.3 Å². The first kappa shape index (κ1) is 14.7. The number of rotatable bonds is 5. The first-order chi connectivity index (χ1) is 8.36. The minimum Gasteiger partial charge on any atom is -0.468 e. The van der Waals surface area contributed by atoms with E-state index in [1.807, 2.05) is 37.3 Å². The molecule has 4 heteroatoms. The average Bonchev–Trinajstić information content (AvgIpc) is 2.34. The number of carbonyl (C=O) groups is 1. The number of ether oxygens (including phenoxy) is 1. The summed E-state index contributed by atoms with van der Waals surface area (Å²) in [6.45, 7) is 5.61. The molecular formula is C14H22N2O2. The average molecular weight is 250 g/mol. The smallest absolute Gasteiger partial charge is 0.324 e. The Morgan fingerprint density at radius 3 is 2.33 bits per heavy atom. The van der Waals surface area contributed by atoms with Crippen LogP contribution in [0.1, 0.15) is 32.4 Å². The van der Waals surface area contributed by atoms with Gasteiger partial charge in [-0.25, -0.2) is 0 Å². The van der Waals surface area contributed by atoms with Gasteiger partial charge in [0.25, 0.3) is 0 Å². The van der Waals surface area contributed by atoms with Gasteiger partial charge >= 0.3 is 5.97 Å². The fourth-order valence-electron chi connectivity index (χ4n) is 1.79. The highest BCUT2D eigenvalue weighted by molar-refractivity contribution is 5.77. The molecule has 100 valence electrons. The molecule has 0 aliphatic heterocycles. The number of benzene rings is 1. The van der Waals surface area contributed by atoms with Crippen molar-refractivity contribution in [2.75, 3.05) is 7.11 Å². The molecule has 1 aromatic carbocycles. The quantitative estimate of drug-likeness (QED) is 0.779. The molecule has 0 saturated heterocycles. The summed E-state index contributed by atoms with van der Waals surface area (Å²) in [5.41, 5.74) is 6.44. The van der Waals surface area contributed by atoms with Crippen molar-refractivity contribution in [3.05, 3.63) is 35.9 Å². The zero-order valence-electron chi connectivity index (χ0n) is 11.4. The summed E-state index contributed by atoms with van der Waals surface area (Å²) in [7, 11) is 1.37. The van der Waals surface area contributed by atoms with E-state index in [2.05, 4.69) is 5.32 Å². The summed E-state index contributed by atoms with van der Waals surface area (Å²) in [6.07, 6.45) is 0. The van der Waals surface area contributed by atoms with Gasteiger partial charge in [0.2, 0.25) is 0 Å². The molecule has 2 atom stereocenters. The van der Waals surface area contributed by atoms with Gasteiger partial charge in [0.05, 0.1) is 7.11 Å². The van der Waals surface area contributed by atoms with Crippen molar-refractivity contribution in [3.8, 4) is 0 Å². The fourth-order valence-corrected chi connectivity index (χ4v) is 1.79. The molecule has 0 spiro atoms. The minimum absolute atomic E-state index is 0.0260. The van der Waals surface area contributed by atoms with Gasteiger partial charge in [-0.1, -0.05) is 30.3 Å². The molecule has 0 heterocycles. The third-order valence-corrected chi connectivity index (χ3v) is 2.90. The predicted octanol–water partition coefficient (Wildman–Crippen LogP) is 1.62. The zero-order chi connectivity index (χ0) is 13.8. The predicted molar refractivity (Wildman–Crippen MR) is 72.1 cm³/mol. The number of esters is 1. The summed E-state index contributed by atoms with van der Waals surface area (Å²) in [6, 6.07) is 9.39. The molecular weight excluding hydrogens is 228 g/mol. The fraction of sp³-hybridized carbons (Fsp3) is 0.500. The van der Waals surface area contributed by atoms with Crippen LogP contribution in [0, 0.1) is 0 Å². The maximum Gasteiger partial charge on any atom is 0.324 e. The van der Waals surface area contributed by atoms with Crippen LogP contribution in [-0.2, 0) is 9.53 Å². The van der Waals surface area contributed by atoms with E-state index >= 15 is 0 Å². The Labute approximate surface area is 109 Å². The van der Waals surface area contributed by atoms with E-state index in [0.717, 1.165) is 5.56 Å². The standard InChI is InChI=1S/C14H22N2O2/c1-10(11-8-6-5-7-9-11)16-12(13(17)18-4)14(2,3)15/h5-10,12,16H,15H2,1-4H3/t10-,12+/m1/s1. The lowest BCUT2D eigenvalue weighted by Crippen LogP contribution is -2.58. The largest absolute Gasteiger partial charge is 0.468 e. The lowest BCUT2D eigenvalue weighted by Gasteiger charge is -2.31. The van der Waals surface area contributed by atoms with Crippen molar-refractivity contribution in [1.82, 2.24) is 5.32 Å². The van der Waals surface area contributed by atoms with E-state index in [4.69, 9.17) is 10.5 Å². The maximum atomic E-state index is 11.8. The maximum absolute atomic E-state index is 11.8. The van der Waals surface area contributed by atoms with Gasteiger partial charge < -0.3 is 10.5 Å². The summed E-state index contributed by atoms with van der Waals surface area (Å²) >= 11 is 0. The van der Waals surface area contributed by atoms with Crippen LogP contribution in [-0.4, -0.2) is 24.7 Å². The van der Waals surface area contributed by atoms with Crippen molar-refractivity contribution in [2.24, 2.45) is 5.73 Å². The third-order valence-electron chi connectivity index (χ3n) is 2.90. The summed E-state index contributed by atoms with van der Waals surface area (Å²) in [4.78, 5) is 11.8. The number of hydrogen-bond donors (Lipinski definition) is 2. The van der Waals surface area contributed by atoms with E-state index in [1.54, 1.807) is 13.8 Å². The van der Waals surface area contributed by atoms with Crippen molar-refractivity contribution in [1.29, 1.82) is 0 Å². The molecule has 4 nitrogen and oxygen atoms in total. The van der Waals surface area contributed by atoms with Gasteiger partial charge in [-0.15, -0.1) is 0 Å². The van der Waals surface area contributed by atoms with Gasteiger partial charge in [0, 0.05) is 11.6 Å². The van der Waals surface area contributed by atoms with Crippen molar-refractivity contribution in [2.45, 2.75) is 38.4 Å². The number of carbonyl (C=O) groups excluding carboxylic acids is 1. The molecule has 0 aromatic heterocycles. The highest BCUT2D eigenvalue weighted by Crippen LogP contribution is 2.16. The van der Waals surface area contributed by atoms with Crippen LogP contribution in [0.4, 0.5) is 0 Å². The Bertz CT molecular complexity index is 385. The Hall–Kier alpha value is -1.39. The highest BCUT2D eigenvalue weighted by atomic mass is 16.5. The van der Waals surface area contributed by atoms with Crippen LogP contribution in [0.25, 0.3) is 0 Å². The van der Waals surface area contributed by atoms with Gasteiger partial charge in [-0.2, -0.15) is 0 Å². The lowest BCUT2D eigenvalue weighted by molar-refractivity contribution is -0.145. The molecule has 0 fully saturated rings. The molecule has 0 saturated carbocycles. The van der Waals surface area contributed by atoms with E-state index in [0.29, 0.717) is 0 Å². The van der Waals surface area contributed by atoms with E-state index in [1.165, 1.54) is 7.11 Å². The summed E-state index contributed by atoms with van der Waals surface area (Å²) < 4.78 is 4.79. The minimum atomic E-state index is -0.684. The third kappa shape index (κ3) is 3.82. The normalized spacial score (nSPS) is 14.9. The zero-order valence-corrected chi connectivity index (χ0v) is 11.4. The lowest BCUT2D eigenvalue weighted by atomic mass is 9.94. The van der Waals surface area contributed by atoms with Crippen molar-refractivity contribution < 1.29 is 9.53 Å². The highest BCUT2D eigenvalue weighted by Gasteiger charge is 2.33. The Morgan fingerprint density at radius 1 is 1.33 bits per heavy atom. The van der Waals surface area contributed by atoms with Crippen molar-refractivity contribution in [3.63, 3.8) is 0 Å². The van der Waals surface area contributed by atoms with E-state index in [9.17, 15) is 4.79 Å². The number of methoxy groups -OCH3 is 1. The van der Waals surface area contributed by atoms with Crippen LogP contribution in [0.2, 0.25) is 0 Å². The molecule has 0 aliphatic rings. The molecule has 0 radical (unpaired) electrons. The van der Waals surface area contributed by atoms with Crippen LogP contribution in [0.15, 0.2) is 30.3 Å². The molecule has 1 aromatic rings. The van der Waals surface area contributed by atoms with Crippen molar-refractivity contribution >= 4 is 5.97 Å². The first-order valence-corrected chi connectivity index (χ1v) is 6.04. The van der Waals surface area contributed by atoms with Gasteiger partial charge in [0.15, 0.2) is 0 Å². The molecule has 0 aliphatic carbocycles. The second-order valence-corrected chi connectivity index (χ2v) is 5.08. The molecule has 0 unspecified atom stereocenters. The van der Waals surface area contributed by atoms with E-state index in [-0.39, 0.29) is 12.0 Å². The number of hydrogen-bond acceptors (Lipinski definition) is 4. The second-order valence-electron chi connectivity index (χ2n) is 5.08. The van der Waals surface area contributed by atoms with Gasteiger partial charge in [0.1, 0.15) is 6.04 Å². The van der Waals surface area contributed by atoms with Crippen LogP contribution in [0.5, 0.6) is 0 Å². The molecule has 1 rings (SSSR count). The monoisotopic (exact) mass is 250 g/mol. The first-order valence-electron chi connectivity index (χ1n) is 6.04. The molecule has 3 N–H and O–H groups in total. The number of nitrogens with two attached hydrogens (primary N) is 1. The summed E-state index contributed by atoms with van der Waals surface area (Å²) in [5, 5.41) is 3.22. The Morgan fingerprint density at radius 2 is 1.89 bits per heavy atom. The van der Waals surface area contributed by atoms with Gasteiger partial charge in [-0.05, 0) is 26.3 Å². The Kier molecular flexibility index (Phi) is 4.87. The SMILES string of the molecule is COC(=O)[C@H](N[C@H](C)c1ccccc1)C(C)(C)N. The van der Waals surface area contributed by atoms with Crippen LogP contribution in [0.3, 0.4) is 0 Å². The summed E-state index contributed by atoms with van der Waals surface area (Å²) in [5.74, 6) is -0.342. The molecule has 0 amide bonds. The van der Waals surface area contributed by atoms with E-state index < -0.39 is 11.6 Å². The number of nitrogens with one attached hydrogen (secondary N) is 1. The van der Waals surface area contributed by atoms with Gasteiger partial charge in [-0.3, -0.25) is 10.1 Å². The Balaban J connectivity index is 2.82. The molecule has 18 heavy (non-hydrogen) atoms. The second kappa shape index (κ2) is 5.98.